The van der Waals surface area contributed by atoms with Crippen LogP contribution in [-0.4, -0.2) is 14.5 Å². The number of furan rings is 1. The number of rotatable bonds is 3. The SMILES string of the molecule is O=c1c2ccccc2ncn1Cc1ccc(-c2cnc3occc3c2)cc1F. The Labute approximate surface area is 158 Å². The van der Waals surface area contributed by atoms with Crippen molar-refractivity contribution in [2.45, 2.75) is 6.54 Å². The van der Waals surface area contributed by atoms with Crippen molar-refractivity contribution in [3.8, 4) is 11.1 Å². The van der Waals surface area contributed by atoms with Gasteiger partial charge in [0, 0.05) is 22.7 Å². The van der Waals surface area contributed by atoms with E-state index in [4.69, 9.17) is 4.42 Å². The van der Waals surface area contributed by atoms with Crippen LogP contribution < -0.4 is 5.56 Å². The normalized spacial score (nSPS) is 11.3. The summed E-state index contributed by atoms with van der Waals surface area (Å²) in [5.41, 5.74) is 2.90. The molecule has 3 heterocycles. The molecule has 2 aromatic carbocycles. The third-order valence-corrected chi connectivity index (χ3v) is 4.76. The highest BCUT2D eigenvalue weighted by Crippen LogP contribution is 2.25. The zero-order valence-electron chi connectivity index (χ0n) is 14.7. The average molecular weight is 371 g/mol. The van der Waals surface area contributed by atoms with Crippen LogP contribution in [0.5, 0.6) is 0 Å². The third kappa shape index (κ3) is 2.75. The van der Waals surface area contributed by atoms with Crippen molar-refractivity contribution in [2.75, 3.05) is 0 Å². The summed E-state index contributed by atoms with van der Waals surface area (Å²) in [6, 6.07) is 15.8. The molecule has 0 spiro atoms. The number of para-hydroxylation sites is 1. The summed E-state index contributed by atoms with van der Waals surface area (Å²) in [5.74, 6) is -0.384. The summed E-state index contributed by atoms with van der Waals surface area (Å²) in [6.45, 7) is 0.113. The topological polar surface area (TPSA) is 60.9 Å². The first-order chi connectivity index (χ1) is 13.7. The van der Waals surface area contributed by atoms with Gasteiger partial charge in [-0.05, 0) is 35.9 Å². The highest BCUT2D eigenvalue weighted by Gasteiger charge is 2.10. The van der Waals surface area contributed by atoms with Crippen LogP contribution in [0.3, 0.4) is 0 Å². The maximum atomic E-state index is 14.7. The van der Waals surface area contributed by atoms with E-state index < -0.39 is 0 Å². The van der Waals surface area contributed by atoms with Crippen LogP contribution >= 0.6 is 0 Å². The second-order valence-corrected chi connectivity index (χ2v) is 6.54. The van der Waals surface area contributed by atoms with Gasteiger partial charge in [-0.15, -0.1) is 0 Å². The van der Waals surface area contributed by atoms with E-state index >= 15 is 0 Å². The van der Waals surface area contributed by atoms with Crippen molar-refractivity contribution in [1.29, 1.82) is 0 Å². The summed E-state index contributed by atoms with van der Waals surface area (Å²) in [4.78, 5) is 21.1. The number of nitrogens with zero attached hydrogens (tertiary/aromatic N) is 3. The van der Waals surface area contributed by atoms with E-state index in [1.807, 2.05) is 24.3 Å². The molecule has 136 valence electrons. The van der Waals surface area contributed by atoms with E-state index in [0.717, 1.165) is 10.9 Å². The van der Waals surface area contributed by atoms with Gasteiger partial charge in [0.1, 0.15) is 5.82 Å². The van der Waals surface area contributed by atoms with Crippen LogP contribution in [0, 0.1) is 5.82 Å². The Morgan fingerprint density at radius 1 is 1.00 bits per heavy atom. The van der Waals surface area contributed by atoms with E-state index in [1.165, 1.54) is 17.0 Å². The largest absolute Gasteiger partial charge is 0.446 e. The molecule has 0 radical (unpaired) electrons. The van der Waals surface area contributed by atoms with Crippen molar-refractivity contribution in [3.63, 3.8) is 0 Å². The fourth-order valence-electron chi connectivity index (χ4n) is 3.27. The molecule has 0 aliphatic rings. The van der Waals surface area contributed by atoms with Crippen molar-refractivity contribution in [2.24, 2.45) is 0 Å². The monoisotopic (exact) mass is 371 g/mol. The molecule has 0 saturated carbocycles. The molecule has 0 aliphatic carbocycles. The molecule has 3 aromatic heterocycles. The van der Waals surface area contributed by atoms with E-state index in [1.54, 1.807) is 36.7 Å². The number of benzene rings is 2. The first-order valence-corrected chi connectivity index (χ1v) is 8.75. The lowest BCUT2D eigenvalue weighted by molar-refractivity contribution is 0.596. The number of fused-ring (bicyclic) bond motifs is 2. The molecule has 0 N–H and O–H groups in total. The highest BCUT2D eigenvalue weighted by molar-refractivity contribution is 5.80. The fourth-order valence-corrected chi connectivity index (χ4v) is 3.27. The van der Waals surface area contributed by atoms with Crippen LogP contribution in [0.1, 0.15) is 5.56 Å². The van der Waals surface area contributed by atoms with Crippen LogP contribution in [0.15, 0.2) is 82.6 Å². The lowest BCUT2D eigenvalue weighted by atomic mass is 10.0. The molecule has 28 heavy (non-hydrogen) atoms. The van der Waals surface area contributed by atoms with Crippen molar-refractivity contribution in [3.05, 3.63) is 95.1 Å². The highest BCUT2D eigenvalue weighted by atomic mass is 19.1. The van der Waals surface area contributed by atoms with Gasteiger partial charge in [-0.1, -0.05) is 24.3 Å². The smallest absolute Gasteiger partial charge is 0.261 e. The molecule has 0 unspecified atom stereocenters. The standard InChI is InChI=1S/C22H14FN3O2/c23-19-10-14(17-9-15-7-8-28-21(15)24-11-17)5-6-16(19)12-26-13-25-20-4-2-1-3-18(20)22(26)27/h1-11,13H,12H2. The number of hydrogen-bond acceptors (Lipinski definition) is 4. The Kier molecular flexibility index (Phi) is 3.76. The van der Waals surface area contributed by atoms with Gasteiger partial charge in [0.2, 0.25) is 5.71 Å². The molecule has 0 amide bonds. The molecule has 5 nitrogen and oxygen atoms in total. The summed E-state index contributed by atoms with van der Waals surface area (Å²) < 4.78 is 21.4. The first kappa shape index (κ1) is 16.4. The maximum absolute atomic E-state index is 14.7. The van der Waals surface area contributed by atoms with Gasteiger partial charge in [0.15, 0.2) is 0 Å². The van der Waals surface area contributed by atoms with Crippen LogP contribution in [-0.2, 0) is 6.54 Å². The van der Waals surface area contributed by atoms with Gasteiger partial charge in [-0.25, -0.2) is 14.4 Å². The second kappa shape index (κ2) is 6.42. The van der Waals surface area contributed by atoms with Gasteiger partial charge < -0.3 is 4.42 Å². The van der Waals surface area contributed by atoms with E-state index in [2.05, 4.69) is 9.97 Å². The van der Waals surface area contributed by atoms with E-state index in [0.29, 0.717) is 27.7 Å². The molecule has 5 rings (SSSR count). The minimum atomic E-state index is -0.384. The molecule has 0 bridgehead atoms. The Hall–Kier alpha value is -3.80. The summed E-state index contributed by atoms with van der Waals surface area (Å²) in [5, 5.41) is 1.37. The lowest BCUT2D eigenvalue weighted by Crippen LogP contribution is -2.21. The molecule has 0 atom stereocenters. The number of hydrogen-bond donors (Lipinski definition) is 0. The molecule has 0 fully saturated rings. The first-order valence-electron chi connectivity index (χ1n) is 8.75. The van der Waals surface area contributed by atoms with Crippen molar-refractivity contribution >= 4 is 22.0 Å². The minimum Gasteiger partial charge on any atom is -0.446 e. The zero-order valence-corrected chi connectivity index (χ0v) is 14.7. The summed E-state index contributed by atoms with van der Waals surface area (Å²) in [7, 11) is 0. The zero-order chi connectivity index (χ0) is 19.1. The fraction of sp³-hybridized carbons (Fsp3) is 0.0455. The van der Waals surface area contributed by atoms with Gasteiger partial charge in [-0.3, -0.25) is 9.36 Å². The maximum Gasteiger partial charge on any atom is 0.261 e. The van der Waals surface area contributed by atoms with Gasteiger partial charge >= 0.3 is 0 Å². The number of halogens is 1. The van der Waals surface area contributed by atoms with Gasteiger partial charge in [0.25, 0.3) is 5.56 Å². The Morgan fingerprint density at radius 3 is 2.79 bits per heavy atom. The van der Waals surface area contributed by atoms with Crippen LogP contribution in [0.4, 0.5) is 4.39 Å². The predicted molar refractivity (Wildman–Crippen MR) is 105 cm³/mol. The van der Waals surface area contributed by atoms with E-state index in [-0.39, 0.29) is 17.9 Å². The lowest BCUT2D eigenvalue weighted by Gasteiger charge is -2.09. The molecule has 0 aliphatic heterocycles. The molecular weight excluding hydrogens is 357 g/mol. The van der Waals surface area contributed by atoms with Crippen LogP contribution in [0.2, 0.25) is 0 Å². The Bertz CT molecular complexity index is 1390. The number of pyridine rings is 1. The average Bonchev–Trinajstić information content (AvgIpc) is 3.19. The summed E-state index contributed by atoms with van der Waals surface area (Å²) in [6.07, 6.45) is 4.67. The van der Waals surface area contributed by atoms with Crippen molar-refractivity contribution in [1.82, 2.24) is 14.5 Å². The van der Waals surface area contributed by atoms with E-state index in [9.17, 15) is 9.18 Å². The van der Waals surface area contributed by atoms with Crippen LogP contribution in [0.25, 0.3) is 33.1 Å². The second-order valence-electron chi connectivity index (χ2n) is 6.54. The number of aromatic nitrogens is 3. The summed E-state index contributed by atoms with van der Waals surface area (Å²) >= 11 is 0. The Balaban J connectivity index is 1.50. The van der Waals surface area contributed by atoms with Crippen molar-refractivity contribution < 1.29 is 8.81 Å². The molecular formula is C22H14FN3O2. The van der Waals surface area contributed by atoms with Gasteiger partial charge in [0.05, 0.1) is 30.0 Å². The van der Waals surface area contributed by atoms with Gasteiger partial charge in [-0.2, -0.15) is 0 Å². The predicted octanol–water partition coefficient (Wildman–Crippen LogP) is 4.39. The molecule has 0 saturated heterocycles. The minimum absolute atomic E-state index is 0.113. The molecule has 5 aromatic rings. The third-order valence-electron chi connectivity index (χ3n) is 4.76. The molecule has 6 heteroatoms. The Morgan fingerprint density at radius 2 is 1.89 bits per heavy atom. The quantitative estimate of drug-likeness (QED) is 0.472.